The first-order valence-electron chi connectivity index (χ1n) is 6.12. The van der Waals surface area contributed by atoms with Gasteiger partial charge in [0.05, 0.1) is 21.3 Å². The Morgan fingerprint density at radius 1 is 1.58 bits per heavy atom. The Balaban J connectivity index is 2.01. The lowest BCUT2D eigenvalue weighted by Crippen LogP contribution is -2.64. The maximum absolute atomic E-state index is 12.0. The second-order valence-corrected chi connectivity index (χ2v) is 6.02. The van der Waals surface area contributed by atoms with E-state index in [4.69, 9.17) is 5.73 Å². The Bertz CT molecular complexity index is 640. The zero-order valence-electron chi connectivity index (χ0n) is 10.9. The Kier molecular flexibility index (Phi) is 2.81. The average molecular weight is 276 g/mol. The molecule has 1 fully saturated rings. The number of aromatic nitrogens is 1. The van der Waals surface area contributed by atoms with Crippen LogP contribution in [0.25, 0.3) is 10.2 Å². The van der Waals surface area contributed by atoms with Gasteiger partial charge >= 0.3 is 0 Å². The molecule has 0 spiro atoms. The van der Waals surface area contributed by atoms with E-state index in [1.165, 1.54) is 4.90 Å². The van der Waals surface area contributed by atoms with Crippen molar-refractivity contribution in [3.05, 3.63) is 29.3 Å². The minimum Gasteiger partial charge on any atom is -0.317 e. The summed E-state index contributed by atoms with van der Waals surface area (Å²) in [7, 11) is 1.71. The molecule has 0 saturated carbocycles. The molecule has 100 valence electrons. The highest BCUT2D eigenvalue weighted by molar-refractivity contribution is 7.16. The van der Waals surface area contributed by atoms with E-state index < -0.39 is 11.8 Å². The van der Waals surface area contributed by atoms with Gasteiger partial charge in [-0.25, -0.2) is 4.98 Å². The Hall–Kier alpha value is -1.50. The first-order valence-corrected chi connectivity index (χ1v) is 7.00. The van der Waals surface area contributed by atoms with E-state index in [0.717, 1.165) is 15.8 Å². The lowest BCUT2D eigenvalue weighted by molar-refractivity contribution is -0.139. The summed E-state index contributed by atoms with van der Waals surface area (Å²) in [6.07, 6.45) is -0.0509. The van der Waals surface area contributed by atoms with Gasteiger partial charge in [0.2, 0.25) is 5.91 Å². The second kappa shape index (κ2) is 4.26. The molecule has 0 radical (unpaired) electrons. The van der Waals surface area contributed by atoms with Crippen molar-refractivity contribution in [1.82, 2.24) is 15.2 Å². The number of nitrogens with two attached hydrogens (primary N) is 1. The van der Waals surface area contributed by atoms with E-state index in [1.54, 1.807) is 18.4 Å². The number of amides is 1. The molecule has 1 amide bonds. The fourth-order valence-corrected chi connectivity index (χ4v) is 3.16. The maximum Gasteiger partial charge on any atom is 0.226 e. The molecule has 2 aromatic rings. The number of fused-ring (bicyclic) bond motifs is 1. The van der Waals surface area contributed by atoms with Crippen LogP contribution in [0.2, 0.25) is 0 Å². The minimum atomic E-state index is -0.455. The van der Waals surface area contributed by atoms with Crippen LogP contribution in [0, 0.1) is 0 Å². The van der Waals surface area contributed by atoms with Gasteiger partial charge in [0.25, 0.3) is 0 Å². The average Bonchev–Trinajstić information content (AvgIpc) is 2.83. The molecular formula is C13H16N4OS. The highest BCUT2D eigenvalue weighted by atomic mass is 32.1. The molecule has 3 N–H and O–H groups in total. The van der Waals surface area contributed by atoms with E-state index in [-0.39, 0.29) is 5.91 Å². The van der Waals surface area contributed by atoms with E-state index >= 15 is 0 Å². The SMILES string of the molecule is CN1C(=O)C[C@@](C)(c2ccc3ncsc3c2)NC1N. The number of benzene rings is 1. The lowest BCUT2D eigenvalue weighted by Gasteiger charge is -2.43. The normalized spacial score (nSPS) is 28.1. The van der Waals surface area contributed by atoms with Gasteiger partial charge in [0, 0.05) is 13.5 Å². The Morgan fingerprint density at radius 3 is 3.11 bits per heavy atom. The molecule has 1 aliphatic rings. The van der Waals surface area contributed by atoms with Gasteiger partial charge < -0.3 is 4.90 Å². The smallest absolute Gasteiger partial charge is 0.226 e. The van der Waals surface area contributed by atoms with Crippen molar-refractivity contribution >= 4 is 27.5 Å². The van der Waals surface area contributed by atoms with Crippen LogP contribution in [0.4, 0.5) is 0 Å². The van der Waals surface area contributed by atoms with Crippen molar-refractivity contribution < 1.29 is 4.79 Å². The number of rotatable bonds is 1. The van der Waals surface area contributed by atoms with Gasteiger partial charge in [-0.1, -0.05) is 6.07 Å². The van der Waals surface area contributed by atoms with Crippen molar-refractivity contribution in [1.29, 1.82) is 0 Å². The van der Waals surface area contributed by atoms with Crippen molar-refractivity contribution in [2.45, 2.75) is 25.2 Å². The van der Waals surface area contributed by atoms with Crippen LogP contribution >= 0.6 is 11.3 Å². The number of hydrogen-bond acceptors (Lipinski definition) is 5. The maximum atomic E-state index is 12.0. The number of nitrogens with one attached hydrogen (secondary N) is 1. The summed E-state index contributed by atoms with van der Waals surface area (Å²) >= 11 is 1.60. The third-order valence-corrected chi connectivity index (χ3v) is 4.54. The number of thiazole rings is 1. The van der Waals surface area contributed by atoms with Crippen LogP contribution in [0.1, 0.15) is 18.9 Å². The number of nitrogens with zero attached hydrogens (tertiary/aromatic N) is 2. The number of carbonyl (C=O) groups excluding carboxylic acids is 1. The van der Waals surface area contributed by atoms with Crippen LogP contribution in [0.3, 0.4) is 0 Å². The van der Waals surface area contributed by atoms with E-state index in [0.29, 0.717) is 6.42 Å². The summed E-state index contributed by atoms with van der Waals surface area (Å²) in [5.74, 6) is 0.0538. The molecule has 1 aliphatic heterocycles. The van der Waals surface area contributed by atoms with Gasteiger partial charge in [0.15, 0.2) is 0 Å². The Labute approximate surface area is 115 Å². The lowest BCUT2D eigenvalue weighted by atomic mass is 9.86. The van der Waals surface area contributed by atoms with Gasteiger partial charge in [-0.2, -0.15) is 0 Å². The quantitative estimate of drug-likeness (QED) is 0.821. The summed E-state index contributed by atoms with van der Waals surface area (Å²) < 4.78 is 1.13. The standard InChI is InChI=1S/C13H16N4OS/c1-13(6-11(18)17(2)12(14)16-13)8-3-4-9-10(5-8)19-7-15-9/h3-5,7,12,16H,6,14H2,1-2H3/t12?,13-/m0/s1. The Morgan fingerprint density at radius 2 is 2.37 bits per heavy atom. The van der Waals surface area contributed by atoms with Gasteiger partial charge in [-0.05, 0) is 24.6 Å². The molecule has 2 atom stereocenters. The van der Waals surface area contributed by atoms with Gasteiger partial charge in [-0.15, -0.1) is 11.3 Å². The number of hydrogen-bond donors (Lipinski definition) is 2. The highest BCUT2D eigenvalue weighted by Gasteiger charge is 2.38. The van der Waals surface area contributed by atoms with Crippen molar-refractivity contribution in [3.8, 4) is 0 Å². The van der Waals surface area contributed by atoms with Gasteiger partial charge in [0.1, 0.15) is 6.29 Å². The molecule has 1 unspecified atom stereocenters. The highest BCUT2D eigenvalue weighted by Crippen LogP contribution is 2.31. The van der Waals surface area contributed by atoms with Crippen molar-refractivity contribution in [2.24, 2.45) is 5.73 Å². The molecule has 3 rings (SSSR count). The predicted octanol–water partition coefficient (Wildman–Crippen LogP) is 1.21. The van der Waals surface area contributed by atoms with Crippen molar-refractivity contribution in [2.75, 3.05) is 7.05 Å². The van der Waals surface area contributed by atoms with Crippen LogP contribution in [0.5, 0.6) is 0 Å². The summed E-state index contributed by atoms with van der Waals surface area (Å²) in [4.78, 5) is 17.8. The monoisotopic (exact) mass is 276 g/mol. The third-order valence-electron chi connectivity index (χ3n) is 3.75. The second-order valence-electron chi connectivity index (χ2n) is 5.14. The van der Waals surface area contributed by atoms with Crippen LogP contribution in [-0.4, -0.2) is 29.1 Å². The molecule has 1 saturated heterocycles. The largest absolute Gasteiger partial charge is 0.317 e. The van der Waals surface area contributed by atoms with Crippen LogP contribution in [-0.2, 0) is 10.3 Å². The molecule has 0 bridgehead atoms. The molecule has 6 heteroatoms. The van der Waals surface area contributed by atoms with E-state index in [2.05, 4.69) is 16.4 Å². The number of carbonyl (C=O) groups is 1. The molecule has 0 aliphatic carbocycles. The molecule has 1 aromatic heterocycles. The molecular weight excluding hydrogens is 260 g/mol. The van der Waals surface area contributed by atoms with Crippen LogP contribution in [0.15, 0.2) is 23.7 Å². The first kappa shape index (κ1) is 12.5. The summed E-state index contributed by atoms with van der Waals surface area (Å²) in [6.45, 7) is 2.01. The van der Waals surface area contributed by atoms with Crippen molar-refractivity contribution in [3.63, 3.8) is 0 Å². The van der Waals surface area contributed by atoms with E-state index in [9.17, 15) is 4.79 Å². The fourth-order valence-electron chi connectivity index (χ4n) is 2.44. The zero-order valence-corrected chi connectivity index (χ0v) is 11.7. The fraction of sp³-hybridized carbons (Fsp3) is 0.385. The summed E-state index contributed by atoms with van der Waals surface area (Å²) in [6, 6.07) is 6.09. The third kappa shape index (κ3) is 2.01. The zero-order chi connectivity index (χ0) is 13.6. The minimum absolute atomic E-state index is 0.0538. The molecule has 19 heavy (non-hydrogen) atoms. The topological polar surface area (TPSA) is 71.2 Å². The molecule has 5 nitrogen and oxygen atoms in total. The summed E-state index contributed by atoms with van der Waals surface area (Å²) in [5, 5.41) is 3.31. The molecule has 2 heterocycles. The van der Waals surface area contributed by atoms with Crippen LogP contribution < -0.4 is 11.1 Å². The van der Waals surface area contributed by atoms with Gasteiger partial charge in [-0.3, -0.25) is 15.8 Å². The summed E-state index contributed by atoms with van der Waals surface area (Å²) in [5.41, 5.74) is 9.42. The first-order chi connectivity index (χ1) is 8.99. The predicted molar refractivity (Wildman–Crippen MR) is 75.5 cm³/mol. The molecule has 1 aromatic carbocycles. The van der Waals surface area contributed by atoms with E-state index in [1.807, 2.05) is 24.6 Å².